The van der Waals surface area contributed by atoms with E-state index >= 15 is 0 Å². The van der Waals surface area contributed by atoms with E-state index in [1.165, 1.54) is 30.3 Å². The van der Waals surface area contributed by atoms with E-state index in [-0.39, 0.29) is 22.8 Å². The van der Waals surface area contributed by atoms with Crippen LogP contribution in [0.4, 0.5) is 17.6 Å². The lowest BCUT2D eigenvalue weighted by atomic mass is 10.1. The molecule has 0 spiro atoms. The minimum absolute atomic E-state index is 0.113. The number of hydrogen-bond donors (Lipinski definition) is 2. The Morgan fingerprint density at radius 3 is 2.46 bits per heavy atom. The third kappa shape index (κ3) is 4.17. The molecule has 1 amide bonds. The summed E-state index contributed by atoms with van der Waals surface area (Å²) in [5.74, 6) is -1.79. The molecule has 0 aliphatic rings. The van der Waals surface area contributed by atoms with Gasteiger partial charge in [-0.15, -0.1) is 0 Å². The summed E-state index contributed by atoms with van der Waals surface area (Å²) in [4.78, 5) is 16.1. The molecular formula is C18H13F4N3O3. The number of benzene rings is 2. The second-order valence-corrected chi connectivity index (χ2v) is 5.72. The van der Waals surface area contributed by atoms with E-state index in [9.17, 15) is 27.5 Å². The van der Waals surface area contributed by atoms with Crippen molar-refractivity contribution in [2.45, 2.75) is 12.2 Å². The number of nitrogens with one attached hydrogen (secondary N) is 1. The van der Waals surface area contributed by atoms with Crippen molar-refractivity contribution in [1.29, 1.82) is 0 Å². The standard InChI is InChI=1S/C18H13F4N3O3/c19-11-7-5-10(6-8-11)16(27)23-14(9-26)17-24-15(25-28-17)12-3-1-2-4-13(12)18(20,21)22/h1-8,14,26H,9H2,(H,23,27)/t14-/m0/s1. The van der Waals surface area contributed by atoms with Crippen molar-refractivity contribution in [3.63, 3.8) is 0 Å². The minimum atomic E-state index is -4.62. The van der Waals surface area contributed by atoms with E-state index in [2.05, 4.69) is 15.5 Å². The van der Waals surface area contributed by atoms with Crippen LogP contribution in [0.15, 0.2) is 53.1 Å². The number of nitrogens with zero attached hydrogens (tertiary/aromatic N) is 2. The number of aliphatic hydroxyl groups excluding tert-OH is 1. The Morgan fingerprint density at radius 2 is 1.82 bits per heavy atom. The molecule has 3 aromatic rings. The van der Waals surface area contributed by atoms with Gasteiger partial charge in [0.1, 0.15) is 11.9 Å². The van der Waals surface area contributed by atoms with Crippen LogP contribution >= 0.6 is 0 Å². The highest BCUT2D eigenvalue weighted by atomic mass is 19.4. The summed E-state index contributed by atoms with van der Waals surface area (Å²) in [6, 6.07) is 8.16. The van der Waals surface area contributed by atoms with Crippen molar-refractivity contribution < 1.29 is 32.0 Å². The first-order valence-electron chi connectivity index (χ1n) is 7.97. The molecular weight excluding hydrogens is 382 g/mol. The Hall–Kier alpha value is -3.27. The molecule has 6 nitrogen and oxygen atoms in total. The molecule has 0 aliphatic carbocycles. The van der Waals surface area contributed by atoms with Gasteiger partial charge >= 0.3 is 6.18 Å². The van der Waals surface area contributed by atoms with Gasteiger partial charge in [-0.2, -0.15) is 18.2 Å². The summed E-state index contributed by atoms with van der Waals surface area (Å²) in [6.45, 7) is -0.643. The number of alkyl halides is 3. The third-order valence-corrected chi connectivity index (χ3v) is 3.81. The van der Waals surface area contributed by atoms with Crippen LogP contribution in [0.3, 0.4) is 0 Å². The quantitative estimate of drug-likeness (QED) is 0.647. The third-order valence-electron chi connectivity index (χ3n) is 3.81. The van der Waals surface area contributed by atoms with E-state index < -0.39 is 36.1 Å². The Bertz CT molecular complexity index is 971. The van der Waals surface area contributed by atoms with Gasteiger partial charge in [0.05, 0.1) is 12.2 Å². The van der Waals surface area contributed by atoms with Gasteiger partial charge in [0.25, 0.3) is 11.8 Å². The minimum Gasteiger partial charge on any atom is -0.394 e. The predicted octanol–water partition coefficient (Wildman–Crippen LogP) is 3.36. The van der Waals surface area contributed by atoms with Crippen molar-refractivity contribution in [2.75, 3.05) is 6.61 Å². The van der Waals surface area contributed by atoms with Gasteiger partial charge in [0, 0.05) is 11.1 Å². The monoisotopic (exact) mass is 395 g/mol. The Labute approximate surface area is 155 Å². The molecule has 0 saturated heterocycles. The largest absolute Gasteiger partial charge is 0.417 e. The molecule has 0 radical (unpaired) electrons. The second kappa shape index (κ2) is 7.77. The van der Waals surface area contributed by atoms with Crippen molar-refractivity contribution >= 4 is 5.91 Å². The number of carbonyl (C=O) groups excluding carboxylic acids is 1. The van der Waals surface area contributed by atoms with E-state index in [1.54, 1.807) is 0 Å². The predicted molar refractivity (Wildman–Crippen MR) is 88.4 cm³/mol. The number of aromatic nitrogens is 2. The maximum Gasteiger partial charge on any atom is 0.417 e. The van der Waals surface area contributed by atoms with E-state index in [0.29, 0.717) is 0 Å². The summed E-state index contributed by atoms with van der Waals surface area (Å²) >= 11 is 0. The van der Waals surface area contributed by atoms with E-state index in [0.717, 1.165) is 18.2 Å². The van der Waals surface area contributed by atoms with Crippen LogP contribution in [0.5, 0.6) is 0 Å². The van der Waals surface area contributed by atoms with Crippen LogP contribution in [-0.2, 0) is 6.18 Å². The molecule has 146 valence electrons. The molecule has 2 N–H and O–H groups in total. The summed E-state index contributed by atoms with van der Waals surface area (Å²) < 4.78 is 57.3. The molecule has 1 aromatic heterocycles. The fourth-order valence-electron chi connectivity index (χ4n) is 2.44. The molecule has 10 heteroatoms. The van der Waals surface area contributed by atoms with Crippen molar-refractivity contribution in [3.05, 3.63) is 71.4 Å². The number of aliphatic hydroxyl groups is 1. The SMILES string of the molecule is O=C(N[C@@H](CO)c1nc(-c2ccccc2C(F)(F)F)no1)c1ccc(F)cc1. The van der Waals surface area contributed by atoms with Crippen LogP contribution in [0, 0.1) is 5.82 Å². The highest BCUT2D eigenvalue weighted by molar-refractivity contribution is 5.94. The van der Waals surface area contributed by atoms with Crippen LogP contribution in [0.2, 0.25) is 0 Å². The lowest BCUT2D eigenvalue weighted by molar-refractivity contribution is -0.137. The number of amides is 1. The molecule has 0 unspecified atom stereocenters. The molecule has 3 rings (SSSR count). The molecule has 28 heavy (non-hydrogen) atoms. The molecule has 0 saturated carbocycles. The van der Waals surface area contributed by atoms with Gasteiger partial charge < -0.3 is 14.9 Å². The summed E-state index contributed by atoms with van der Waals surface area (Å²) in [5, 5.41) is 15.4. The zero-order valence-electron chi connectivity index (χ0n) is 14.1. The average molecular weight is 395 g/mol. The van der Waals surface area contributed by atoms with Crippen LogP contribution in [0.1, 0.15) is 27.9 Å². The summed E-state index contributed by atoms with van der Waals surface area (Å²) in [5.41, 5.74) is -1.13. The first-order valence-corrected chi connectivity index (χ1v) is 7.97. The molecule has 1 atom stereocenters. The maximum absolute atomic E-state index is 13.1. The Morgan fingerprint density at radius 1 is 1.14 bits per heavy atom. The number of hydrogen-bond acceptors (Lipinski definition) is 5. The first kappa shape index (κ1) is 19.5. The zero-order valence-corrected chi connectivity index (χ0v) is 14.1. The number of carbonyl (C=O) groups is 1. The van der Waals surface area contributed by atoms with E-state index in [1.807, 2.05) is 0 Å². The average Bonchev–Trinajstić information content (AvgIpc) is 3.15. The van der Waals surface area contributed by atoms with Crippen LogP contribution in [-0.4, -0.2) is 27.8 Å². The molecule has 0 aliphatic heterocycles. The lowest BCUT2D eigenvalue weighted by Gasteiger charge is -2.12. The fraction of sp³-hybridized carbons (Fsp3) is 0.167. The van der Waals surface area contributed by atoms with Crippen LogP contribution < -0.4 is 5.32 Å². The zero-order chi connectivity index (χ0) is 20.3. The van der Waals surface area contributed by atoms with Crippen molar-refractivity contribution in [3.8, 4) is 11.4 Å². The smallest absolute Gasteiger partial charge is 0.394 e. The van der Waals surface area contributed by atoms with Gasteiger partial charge in [0.2, 0.25) is 5.82 Å². The van der Waals surface area contributed by atoms with Gasteiger partial charge in [-0.1, -0.05) is 23.4 Å². The van der Waals surface area contributed by atoms with E-state index in [4.69, 9.17) is 4.52 Å². The summed E-state index contributed by atoms with van der Waals surface area (Å²) in [6.07, 6.45) is -4.62. The first-order chi connectivity index (χ1) is 13.3. The van der Waals surface area contributed by atoms with Crippen molar-refractivity contribution in [1.82, 2.24) is 15.5 Å². The van der Waals surface area contributed by atoms with Gasteiger partial charge in [0.15, 0.2) is 0 Å². The second-order valence-electron chi connectivity index (χ2n) is 5.72. The lowest BCUT2D eigenvalue weighted by Crippen LogP contribution is -2.31. The molecule has 1 heterocycles. The number of halogens is 4. The van der Waals surface area contributed by atoms with Gasteiger partial charge in [-0.25, -0.2) is 4.39 Å². The van der Waals surface area contributed by atoms with Crippen LogP contribution in [0.25, 0.3) is 11.4 Å². The highest BCUT2D eigenvalue weighted by Gasteiger charge is 2.35. The summed E-state index contributed by atoms with van der Waals surface area (Å²) in [7, 11) is 0. The van der Waals surface area contributed by atoms with Gasteiger partial charge in [-0.05, 0) is 30.3 Å². The number of rotatable bonds is 5. The topological polar surface area (TPSA) is 88.2 Å². The highest BCUT2D eigenvalue weighted by Crippen LogP contribution is 2.36. The normalized spacial score (nSPS) is 12.6. The molecule has 0 fully saturated rings. The van der Waals surface area contributed by atoms with Gasteiger partial charge in [-0.3, -0.25) is 4.79 Å². The maximum atomic E-state index is 13.1. The Kier molecular flexibility index (Phi) is 5.41. The van der Waals surface area contributed by atoms with Crippen molar-refractivity contribution in [2.24, 2.45) is 0 Å². The fourth-order valence-corrected chi connectivity index (χ4v) is 2.44. The Balaban J connectivity index is 1.84. The molecule has 2 aromatic carbocycles. The molecule has 0 bridgehead atoms.